The molecule has 0 saturated carbocycles. The molecule has 1 unspecified atom stereocenters. The molecule has 3 nitrogen and oxygen atoms in total. The van der Waals surface area contributed by atoms with Crippen LogP contribution in [-0.2, 0) is 0 Å². The number of carbonyl (C=O) groups is 1. The maximum absolute atomic E-state index is 12.1. The van der Waals surface area contributed by atoms with Gasteiger partial charge in [-0.3, -0.25) is 4.79 Å². The van der Waals surface area contributed by atoms with Gasteiger partial charge in [0, 0.05) is 4.88 Å². The van der Waals surface area contributed by atoms with Gasteiger partial charge >= 0.3 is 0 Å². The maximum atomic E-state index is 12.1. The summed E-state index contributed by atoms with van der Waals surface area (Å²) in [5.41, 5.74) is 3.97. The van der Waals surface area contributed by atoms with Crippen LogP contribution in [0.25, 0.3) is 0 Å². The minimum Gasteiger partial charge on any atom is -0.360 e. The Kier molecular flexibility index (Phi) is 2.59. The van der Waals surface area contributed by atoms with Crippen molar-refractivity contribution in [1.82, 2.24) is 5.32 Å². The number of carbonyl (C=O) groups excluding carboxylic acids is 1. The molecule has 0 radical (unpaired) electrons. The minimum absolute atomic E-state index is 0.00903. The highest BCUT2D eigenvalue weighted by Crippen LogP contribution is 2.32. The number of hydrogen-bond acceptors (Lipinski definition) is 3. The van der Waals surface area contributed by atoms with Gasteiger partial charge in [0.25, 0.3) is 5.91 Å². The third-order valence-corrected chi connectivity index (χ3v) is 4.33. The second kappa shape index (κ2) is 4.14. The first-order chi connectivity index (χ1) is 8.66. The molecule has 1 aromatic carbocycles. The van der Waals surface area contributed by atoms with Gasteiger partial charge in [-0.15, -0.1) is 11.3 Å². The van der Waals surface area contributed by atoms with Crippen molar-refractivity contribution in [2.75, 3.05) is 5.32 Å². The van der Waals surface area contributed by atoms with E-state index in [2.05, 4.69) is 23.6 Å². The quantitative estimate of drug-likeness (QED) is 0.824. The Morgan fingerprint density at radius 1 is 1.11 bits per heavy atom. The van der Waals surface area contributed by atoms with E-state index in [1.54, 1.807) is 11.3 Å². The lowest BCUT2D eigenvalue weighted by Gasteiger charge is -2.28. The van der Waals surface area contributed by atoms with Crippen molar-refractivity contribution in [2.45, 2.75) is 20.0 Å². The third-order valence-electron chi connectivity index (χ3n) is 3.25. The zero-order chi connectivity index (χ0) is 12.7. The Morgan fingerprint density at radius 3 is 2.67 bits per heavy atom. The number of anilines is 1. The van der Waals surface area contributed by atoms with E-state index in [0.29, 0.717) is 0 Å². The Balaban J connectivity index is 2.04. The van der Waals surface area contributed by atoms with Crippen LogP contribution in [0.15, 0.2) is 29.6 Å². The summed E-state index contributed by atoms with van der Waals surface area (Å²) in [6, 6.07) is 7.85. The topological polar surface area (TPSA) is 41.1 Å². The summed E-state index contributed by atoms with van der Waals surface area (Å²) >= 11 is 1.66. The molecule has 0 saturated heterocycles. The van der Waals surface area contributed by atoms with Crippen molar-refractivity contribution < 1.29 is 4.79 Å². The van der Waals surface area contributed by atoms with Crippen molar-refractivity contribution in [3.63, 3.8) is 0 Å². The van der Waals surface area contributed by atoms with E-state index in [1.165, 1.54) is 5.56 Å². The molecule has 1 aliphatic rings. The summed E-state index contributed by atoms with van der Waals surface area (Å²) in [7, 11) is 0. The molecule has 2 N–H and O–H groups in total. The Morgan fingerprint density at radius 2 is 1.94 bits per heavy atom. The van der Waals surface area contributed by atoms with Gasteiger partial charge in [-0.25, -0.2) is 0 Å². The molecule has 18 heavy (non-hydrogen) atoms. The molecule has 1 atom stereocenters. The van der Waals surface area contributed by atoms with Gasteiger partial charge in [0.2, 0.25) is 0 Å². The lowest BCUT2D eigenvalue weighted by molar-refractivity contribution is 0.0936. The largest absolute Gasteiger partial charge is 0.360 e. The third kappa shape index (κ3) is 1.69. The zero-order valence-corrected chi connectivity index (χ0v) is 11.1. The van der Waals surface area contributed by atoms with Crippen molar-refractivity contribution >= 4 is 22.9 Å². The molecule has 1 aromatic heterocycles. The van der Waals surface area contributed by atoms with Gasteiger partial charge in [-0.05, 0) is 42.5 Å². The SMILES string of the molecule is Cc1ccsc1C1NC(=O)c2cccc(C)c2N1. The maximum Gasteiger partial charge on any atom is 0.255 e. The average molecular weight is 258 g/mol. The van der Waals surface area contributed by atoms with Crippen LogP contribution in [0, 0.1) is 13.8 Å². The Bertz CT molecular complexity index is 618. The van der Waals surface area contributed by atoms with E-state index in [1.807, 2.05) is 30.5 Å². The minimum atomic E-state index is -0.119. The first-order valence-corrected chi connectivity index (χ1v) is 6.76. The first-order valence-electron chi connectivity index (χ1n) is 5.88. The van der Waals surface area contributed by atoms with Crippen LogP contribution >= 0.6 is 11.3 Å². The molecule has 92 valence electrons. The number of thiophene rings is 1. The van der Waals surface area contributed by atoms with E-state index in [9.17, 15) is 4.79 Å². The van der Waals surface area contributed by atoms with Gasteiger partial charge in [0.15, 0.2) is 0 Å². The predicted molar refractivity (Wildman–Crippen MR) is 74.1 cm³/mol. The summed E-state index contributed by atoms with van der Waals surface area (Å²) < 4.78 is 0. The molecular weight excluding hydrogens is 244 g/mol. The zero-order valence-electron chi connectivity index (χ0n) is 10.3. The second-order valence-corrected chi connectivity index (χ2v) is 5.46. The number of para-hydroxylation sites is 1. The van der Waals surface area contributed by atoms with E-state index in [4.69, 9.17) is 0 Å². The summed E-state index contributed by atoms with van der Waals surface area (Å²) in [4.78, 5) is 13.3. The Labute approximate surface area is 110 Å². The van der Waals surface area contributed by atoms with E-state index < -0.39 is 0 Å². The molecule has 0 aliphatic carbocycles. The smallest absolute Gasteiger partial charge is 0.255 e. The van der Waals surface area contributed by atoms with Crippen molar-refractivity contribution in [1.29, 1.82) is 0 Å². The average Bonchev–Trinajstić information content (AvgIpc) is 2.77. The van der Waals surface area contributed by atoms with Crippen LogP contribution < -0.4 is 10.6 Å². The standard InChI is InChI=1S/C14H14N2OS/c1-8-4-3-5-10-11(8)15-13(16-14(10)17)12-9(2)6-7-18-12/h3-7,13,15H,1-2H3,(H,16,17). The number of benzene rings is 1. The second-order valence-electron chi connectivity index (χ2n) is 4.52. The lowest BCUT2D eigenvalue weighted by Crippen LogP contribution is -2.38. The normalized spacial score (nSPS) is 17.9. The predicted octanol–water partition coefficient (Wildman–Crippen LogP) is 3.22. The van der Waals surface area contributed by atoms with Gasteiger partial charge in [0.1, 0.15) is 6.17 Å². The van der Waals surface area contributed by atoms with Gasteiger partial charge in [0.05, 0.1) is 11.3 Å². The monoisotopic (exact) mass is 258 g/mol. The number of fused-ring (bicyclic) bond motifs is 1. The van der Waals surface area contributed by atoms with Gasteiger partial charge in [-0.1, -0.05) is 12.1 Å². The molecule has 4 heteroatoms. The highest BCUT2D eigenvalue weighted by Gasteiger charge is 2.26. The summed E-state index contributed by atoms with van der Waals surface area (Å²) in [6.45, 7) is 4.08. The molecule has 0 spiro atoms. The molecule has 1 aliphatic heterocycles. The van der Waals surface area contributed by atoms with Crippen LogP contribution in [0.3, 0.4) is 0 Å². The van der Waals surface area contributed by atoms with E-state index in [0.717, 1.165) is 21.7 Å². The van der Waals surface area contributed by atoms with Crippen LogP contribution in [-0.4, -0.2) is 5.91 Å². The fourth-order valence-electron chi connectivity index (χ4n) is 2.25. The van der Waals surface area contributed by atoms with E-state index >= 15 is 0 Å². The number of amides is 1. The number of nitrogens with one attached hydrogen (secondary N) is 2. The molecule has 2 heterocycles. The van der Waals surface area contributed by atoms with Crippen LogP contribution in [0.5, 0.6) is 0 Å². The highest BCUT2D eigenvalue weighted by molar-refractivity contribution is 7.10. The molecule has 0 fully saturated rings. The number of hydrogen-bond donors (Lipinski definition) is 2. The highest BCUT2D eigenvalue weighted by atomic mass is 32.1. The molecular formula is C14H14N2OS. The van der Waals surface area contributed by atoms with E-state index in [-0.39, 0.29) is 12.1 Å². The number of aryl methyl sites for hydroxylation is 2. The van der Waals surface area contributed by atoms with Crippen LogP contribution in [0.4, 0.5) is 5.69 Å². The summed E-state index contributed by atoms with van der Waals surface area (Å²) in [6.07, 6.45) is -0.119. The molecule has 3 rings (SSSR count). The molecule has 2 aromatic rings. The Hall–Kier alpha value is -1.81. The fraction of sp³-hybridized carbons (Fsp3) is 0.214. The van der Waals surface area contributed by atoms with Crippen molar-refractivity contribution in [3.05, 3.63) is 51.2 Å². The first kappa shape index (κ1) is 11.3. The summed E-state index contributed by atoms with van der Waals surface area (Å²) in [5, 5.41) is 8.47. The molecule has 0 bridgehead atoms. The van der Waals surface area contributed by atoms with Crippen molar-refractivity contribution in [3.8, 4) is 0 Å². The van der Waals surface area contributed by atoms with Gasteiger partial charge < -0.3 is 10.6 Å². The fourth-order valence-corrected chi connectivity index (χ4v) is 3.18. The number of rotatable bonds is 1. The van der Waals surface area contributed by atoms with Crippen LogP contribution in [0.2, 0.25) is 0 Å². The summed E-state index contributed by atoms with van der Waals surface area (Å²) in [5.74, 6) is -0.00903. The van der Waals surface area contributed by atoms with Crippen LogP contribution in [0.1, 0.15) is 32.5 Å². The molecule has 1 amide bonds. The van der Waals surface area contributed by atoms with Crippen molar-refractivity contribution in [2.24, 2.45) is 0 Å². The van der Waals surface area contributed by atoms with Gasteiger partial charge in [-0.2, -0.15) is 0 Å². The lowest BCUT2D eigenvalue weighted by atomic mass is 10.0.